The zero-order valence-corrected chi connectivity index (χ0v) is 18.4. The monoisotopic (exact) mass is 487 g/mol. The van der Waals surface area contributed by atoms with Crippen LogP contribution in [0.25, 0.3) is 0 Å². The molecule has 0 radical (unpaired) electrons. The fraction of sp³-hybridized carbons (Fsp3) is 0.222. The van der Waals surface area contributed by atoms with Gasteiger partial charge in [0.05, 0.1) is 18.5 Å². The number of carbonyl (C=O) groups excluding carboxylic acids is 2. The molecule has 0 aliphatic carbocycles. The second-order valence-corrected chi connectivity index (χ2v) is 9.29. The van der Waals surface area contributed by atoms with E-state index in [1.165, 1.54) is 12.1 Å². The van der Waals surface area contributed by atoms with Crippen LogP contribution in [0.2, 0.25) is 5.02 Å². The van der Waals surface area contributed by atoms with E-state index in [2.05, 4.69) is 26.6 Å². The molecule has 7 nitrogen and oxygen atoms in total. The van der Waals surface area contributed by atoms with Crippen molar-refractivity contribution < 1.29 is 18.0 Å². The molecule has 2 rings (SSSR count). The molecule has 0 atom stereocenters. The van der Waals surface area contributed by atoms with E-state index in [0.717, 1.165) is 20.6 Å². The Morgan fingerprint density at radius 2 is 1.86 bits per heavy atom. The van der Waals surface area contributed by atoms with Gasteiger partial charge in [-0.05, 0) is 48.9 Å². The lowest BCUT2D eigenvalue weighted by Gasteiger charge is -2.22. The molecule has 0 aliphatic heterocycles. The minimum atomic E-state index is -3.72. The standard InChI is InChI=1S/C18H19BrClN3O4S/c1-12-8-13(19)6-7-16(12)22-17(24)10-21-18(25)11-23(28(2,26)27)15-5-3-4-14(20)9-15/h3-9H,10-11H2,1-2H3,(H,21,25)(H,22,24). The summed E-state index contributed by atoms with van der Waals surface area (Å²) in [6.45, 7) is 1.08. The van der Waals surface area contributed by atoms with Gasteiger partial charge in [0, 0.05) is 15.2 Å². The summed E-state index contributed by atoms with van der Waals surface area (Å²) in [5, 5.41) is 5.46. The number of nitrogens with one attached hydrogen (secondary N) is 2. The first-order chi connectivity index (χ1) is 13.1. The Balaban J connectivity index is 1.98. The maximum absolute atomic E-state index is 12.2. The lowest BCUT2D eigenvalue weighted by molar-refractivity contribution is -0.123. The second-order valence-electron chi connectivity index (χ2n) is 6.03. The van der Waals surface area contributed by atoms with Crippen molar-refractivity contribution in [1.82, 2.24) is 5.32 Å². The summed E-state index contributed by atoms with van der Waals surface area (Å²) < 4.78 is 25.9. The van der Waals surface area contributed by atoms with Crippen molar-refractivity contribution in [2.45, 2.75) is 6.92 Å². The smallest absolute Gasteiger partial charge is 0.243 e. The van der Waals surface area contributed by atoms with E-state index in [9.17, 15) is 18.0 Å². The highest BCUT2D eigenvalue weighted by Gasteiger charge is 2.21. The van der Waals surface area contributed by atoms with Crippen LogP contribution in [0.4, 0.5) is 11.4 Å². The van der Waals surface area contributed by atoms with Gasteiger partial charge in [-0.3, -0.25) is 13.9 Å². The van der Waals surface area contributed by atoms with Crippen molar-refractivity contribution in [3.63, 3.8) is 0 Å². The highest BCUT2D eigenvalue weighted by molar-refractivity contribution is 9.10. The summed E-state index contributed by atoms with van der Waals surface area (Å²) in [7, 11) is -3.72. The van der Waals surface area contributed by atoms with Crippen molar-refractivity contribution in [2.75, 3.05) is 29.0 Å². The van der Waals surface area contributed by atoms with Crippen molar-refractivity contribution in [2.24, 2.45) is 0 Å². The summed E-state index contributed by atoms with van der Waals surface area (Å²) >= 11 is 9.24. The highest BCUT2D eigenvalue weighted by atomic mass is 79.9. The van der Waals surface area contributed by atoms with Crippen LogP contribution in [0.3, 0.4) is 0 Å². The van der Waals surface area contributed by atoms with Crippen LogP contribution in [0.5, 0.6) is 0 Å². The molecule has 28 heavy (non-hydrogen) atoms. The largest absolute Gasteiger partial charge is 0.345 e. The molecule has 0 fully saturated rings. The third-order valence-electron chi connectivity index (χ3n) is 3.69. The molecule has 10 heteroatoms. The molecule has 2 amide bonds. The molecule has 2 N–H and O–H groups in total. The Kier molecular flexibility index (Phi) is 7.45. The highest BCUT2D eigenvalue weighted by Crippen LogP contribution is 2.22. The molecule has 0 bridgehead atoms. The minimum Gasteiger partial charge on any atom is -0.345 e. The Labute approximate surface area is 177 Å². The first-order valence-corrected chi connectivity index (χ1v) is 11.1. The van der Waals surface area contributed by atoms with Gasteiger partial charge in [-0.1, -0.05) is 33.6 Å². The minimum absolute atomic E-state index is 0.264. The Morgan fingerprint density at radius 1 is 1.14 bits per heavy atom. The predicted octanol–water partition coefficient (Wildman–Crippen LogP) is 2.93. The number of hydrogen-bond donors (Lipinski definition) is 2. The quantitative estimate of drug-likeness (QED) is 0.626. The van der Waals surface area contributed by atoms with Gasteiger partial charge >= 0.3 is 0 Å². The van der Waals surface area contributed by atoms with E-state index in [1.54, 1.807) is 24.3 Å². The van der Waals surface area contributed by atoms with Gasteiger partial charge in [0.2, 0.25) is 21.8 Å². The van der Waals surface area contributed by atoms with Crippen molar-refractivity contribution >= 4 is 60.7 Å². The van der Waals surface area contributed by atoms with Gasteiger partial charge in [-0.2, -0.15) is 0 Å². The molecule has 0 aromatic heterocycles. The number of carbonyl (C=O) groups is 2. The number of anilines is 2. The van der Waals surface area contributed by atoms with Gasteiger partial charge in [0.25, 0.3) is 0 Å². The van der Waals surface area contributed by atoms with Crippen LogP contribution in [0.1, 0.15) is 5.56 Å². The molecule has 0 spiro atoms. The molecular formula is C18H19BrClN3O4S. The fourth-order valence-corrected chi connectivity index (χ4v) is 3.87. The number of benzene rings is 2. The van der Waals surface area contributed by atoms with Gasteiger partial charge < -0.3 is 10.6 Å². The molecule has 2 aromatic carbocycles. The van der Waals surface area contributed by atoms with E-state index in [0.29, 0.717) is 10.7 Å². The lowest BCUT2D eigenvalue weighted by atomic mass is 10.2. The molecule has 2 aromatic rings. The van der Waals surface area contributed by atoms with Crippen molar-refractivity contribution in [1.29, 1.82) is 0 Å². The summed E-state index contributed by atoms with van der Waals surface area (Å²) in [6.07, 6.45) is 0.990. The van der Waals surface area contributed by atoms with Gasteiger partial charge in [-0.15, -0.1) is 0 Å². The predicted molar refractivity (Wildman–Crippen MR) is 114 cm³/mol. The maximum Gasteiger partial charge on any atom is 0.243 e. The average Bonchev–Trinajstić information content (AvgIpc) is 2.59. The average molecular weight is 489 g/mol. The third-order valence-corrected chi connectivity index (χ3v) is 5.56. The molecule has 0 unspecified atom stereocenters. The molecule has 0 saturated carbocycles. The first kappa shape index (κ1) is 22.2. The number of nitrogens with zero attached hydrogens (tertiary/aromatic N) is 1. The lowest BCUT2D eigenvalue weighted by Crippen LogP contribution is -2.42. The summed E-state index contributed by atoms with van der Waals surface area (Å²) in [6, 6.07) is 11.5. The van der Waals surface area contributed by atoms with Crippen LogP contribution in [0, 0.1) is 6.92 Å². The third kappa shape index (κ3) is 6.50. The zero-order chi connectivity index (χ0) is 20.9. The molecule has 0 aliphatic rings. The van der Waals surface area contributed by atoms with E-state index >= 15 is 0 Å². The van der Waals surface area contributed by atoms with Crippen LogP contribution in [-0.4, -0.2) is 39.6 Å². The second kappa shape index (κ2) is 9.40. The maximum atomic E-state index is 12.2. The normalized spacial score (nSPS) is 11.0. The topological polar surface area (TPSA) is 95.6 Å². The van der Waals surface area contributed by atoms with Gasteiger partial charge in [0.1, 0.15) is 6.54 Å². The van der Waals surface area contributed by atoms with Crippen LogP contribution >= 0.6 is 27.5 Å². The van der Waals surface area contributed by atoms with Crippen molar-refractivity contribution in [3.8, 4) is 0 Å². The Morgan fingerprint density at radius 3 is 2.46 bits per heavy atom. The fourth-order valence-electron chi connectivity index (χ4n) is 2.36. The zero-order valence-electron chi connectivity index (χ0n) is 15.2. The molecule has 150 valence electrons. The van der Waals surface area contributed by atoms with E-state index < -0.39 is 28.4 Å². The number of rotatable bonds is 7. The Hall–Kier alpha value is -2.10. The molecule has 0 heterocycles. The molecular weight excluding hydrogens is 470 g/mol. The van der Waals surface area contributed by atoms with Crippen LogP contribution in [-0.2, 0) is 19.6 Å². The van der Waals surface area contributed by atoms with Gasteiger partial charge in [0.15, 0.2) is 0 Å². The number of hydrogen-bond acceptors (Lipinski definition) is 4. The molecule has 0 saturated heterocycles. The van der Waals surface area contributed by atoms with E-state index in [1.807, 2.05) is 13.0 Å². The Bertz CT molecular complexity index is 998. The SMILES string of the molecule is Cc1cc(Br)ccc1NC(=O)CNC(=O)CN(c1cccc(Cl)c1)S(C)(=O)=O. The summed E-state index contributed by atoms with van der Waals surface area (Å²) in [5.41, 5.74) is 1.75. The van der Waals surface area contributed by atoms with Crippen molar-refractivity contribution in [3.05, 3.63) is 57.5 Å². The van der Waals surface area contributed by atoms with E-state index in [4.69, 9.17) is 11.6 Å². The van der Waals surface area contributed by atoms with E-state index in [-0.39, 0.29) is 12.2 Å². The number of amides is 2. The van der Waals surface area contributed by atoms with Crippen LogP contribution < -0.4 is 14.9 Å². The summed E-state index contributed by atoms with van der Waals surface area (Å²) in [5.74, 6) is -1.04. The number of aryl methyl sites for hydroxylation is 1. The number of halogens is 2. The van der Waals surface area contributed by atoms with Gasteiger partial charge in [-0.25, -0.2) is 8.42 Å². The van der Waals surface area contributed by atoms with Crippen LogP contribution in [0.15, 0.2) is 46.9 Å². The first-order valence-electron chi connectivity index (χ1n) is 8.12. The summed E-state index contributed by atoms with van der Waals surface area (Å²) in [4.78, 5) is 24.3. The number of sulfonamides is 1.